The molecule has 0 N–H and O–H groups in total. The van der Waals surface area contributed by atoms with E-state index in [1.54, 1.807) is 0 Å². The van der Waals surface area contributed by atoms with Crippen molar-refractivity contribution < 1.29 is 0 Å². The summed E-state index contributed by atoms with van der Waals surface area (Å²) in [4.78, 5) is 5.12. The van der Waals surface area contributed by atoms with Crippen LogP contribution in [0.5, 0.6) is 0 Å². The van der Waals surface area contributed by atoms with Crippen LogP contribution in [-0.4, -0.2) is 9.55 Å². The summed E-state index contributed by atoms with van der Waals surface area (Å²) >= 11 is 0. The Labute approximate surface area is 332 Å². The van der Waals surface area contributed by atoms with Crippen LogP contribution in [0.25, 0.3) is 105 Å². The molecule has 1 heterocycles. The highest BCUT2D eigenvalue weighted by atomic mass is 15.1. The zero-order valence-electron chi connectivity index (χ0n) is 32.0. The van der Waals surface area contributed by atoms with Crippen LogP contribution in [0.2, 0.25) is 0 Å². The minimum atomic E-state index is 0.933. The van der Waals surface area contributed by atoms with E-state index in [-0.39, 0.29) is 0 Å². The SMILES string of the molecule is CC.c1ccc(-c2c3ccccc3c(-c3c4ccccc4cc4ccccc34)c3ccc(-c4ccc(-c5nc6ccccc6n5-c5ccccc5)cc4)cc23)cc1. The van der Waals surface area contributed by atoms with Crippen LogP contribution >= 0.6 is 0 Å². The summed E-state index contributed by atoms with van der Waals surface area (Å²) in [6.45, 7) is 4.00. The highest BCUT2D eigenvalue weighted by Crippen LogP contribution is 2.48. The number of hydrogen-bond acceptors (Lipinski definition) is 1. The van der Waals surface area contributed by atoms with E-state index in [2.05, 4.69) is 211 Å². The lowest BCUT2D eigenvalue weighted by Crippen LogP contribution is -1.97. The van der Waals surface area contributed by atoms with E-state index in [0.717, 1.165) is 33.7 Å². The van der Waals surface area contributed by atoms with Crippen molar-refractivity contribution in [3.63, 3.8) is 0 Å². The molecule has 10 aromatic carbocycles. The van der Waals surface area contributed by atoms with Gasteiger partial charge >= 0.3 is 0 Å². The molecule has 0 bridgehead atoms. The second-order valence-corrected chi connectivity index (χ2v) is 14.3. The molecule has 0 fully saturated rings. The molecule has 11 rings (SSSR count). The van der Waals surface area contributed by atoms with Crippen molar-refractivity contribution in [2.75, 3.05) is 0 Å². The van der Waals surface area contributed by atoms with E-state index < -0.39 is 0 Å². The largest absolute Gasteiger partial charge is 0.292 e. The van der Waals surface area contributed by atoms with E-state index >= 15 is 0 Å². The standard InChI is InChI=1S/C53H34N2.C2H6/c1-3-15-36(16-4-1)50-44-23-11-12-24-45(44)52(51-42-21-9-7-17-39(42)33-40-18-8-10-22-43(40)51)46-32-31-38(34-47(46)50)35-27-29-37(30-28-35)53-54-48-25-13-14-26-49(48)55(53)41-19-5-2-6-20-41;1-2/h1-34H;1-2H3. The number of nitrogens with zero attached hydrogens (tertiary/aromatic N) is 2. The predicted molar refractivity (Wildman–Crippen MR) is 244 cm³/mol. The highest BCUT2D eigenvalue weighted by molar-refractivity contribution is 6.27. The van der Waals surface area contributed by atoms with Crippen LogP contribution < -0.4 is 0 Å². The van der Waals surface area contributed by atoms with Gasteiger partial charge in [-0.15, -0.1) is 0 Å². The molecule has 0 saturated carbocycles. The first-order valence-electron chi connectivity index (χ1n) is 19.9. The van der Waals surface area contributed by atoms with Crippen LogP contribution in [0.1, 0.15) is 13.8 Å². The second-order valence-electron chi connectivity index (χ2n) is 14.3. The third-order valence-electron chi connectivity index (χ3n) is 11.2. The van der Waals surface area contributed by atoms with Gasteiger partial charge in [0.2, 0.25) is 0 Å². The summed E-state index contributed by atoms with van der Waals surface area (Å²) in [5.41, 5.74) is 11.6. The van der Waals surface area contributed by atoms with Crippen LogP contribution in [0, 0.1) is 0 Å². The number of hydrogen-bond donors (Lipinski definition) is 0. The van der Waals surface area contributed by atoms with Crippen LogP contribution in [0.3, 0.4) is 0 Å². The van der Waals surface area contributed by atoms with Gasteiger partial charge in [0.25, 0.3) is 0 Å². The van der Waals surface area contributed by atoms with Gasteiger partial charge in [-0.3, -0.25) is 4.57 Å². The first-order chi connectivity index (χ1) is 28.3. The average molecular weight is 729 g/mol. The Morgan fingerprint density at radius 2 is 0.825 bits per heavy atom. The topological polar surface area (TPSA) is 17.8 Å². The van der Waals surface area contributed by atoms with Crippen molar-refractivity contribution >= 4 is 54.1 Å². The molecule has 270 valence electrons. The monoisotopic (exact) mass is 728 g/mol. The van der Waals surface area contributed by atoms with Gasteiger partial charge in [0.1, 0.15) is 5.82 Å². The van der Waals surface area contributed by atoms with Crippen molar-refractivity contribution in [1.29, 1.82) is 0 Å². The Bertz CT molecular complexity index is 3180. The number of rotatable bonds is 5. The Kier molecular flexibility index (Phi) is 8.65. The Balaban J connectivity index is 0.00000195. The summed E-state index contributed by atoms with van der Waals surface area (Å²) in [5.74, 6) is 0.933. The lowest BCUT2D eigenvalue weighted by molar-refractivity contribution is 1.10. The van der Waals surface area contributed by atoms with Gasteiger partial charge in [-0.25, -0.2) is 4.98 Å². The number of imidazole rings is 1. The number of aromatic nitrogens is 2. The molecule has 0 unspecified atom stereocenters. The Hall–Kier alpha value is -7.29. The van der Waals surface area contributed by atoms with Crippen LogP contribution in [0.15, 0.2) is 206 Å². The van der Waals surface area contributed by atoms with Crippen molar-refractivity contribution in [2.45, 2.75) is 13.8 Å². The maximum absolute atomic E-state index is 5.12. The minimum absolute atomic E-state index is 0.933. The molecule has 1 aromatic heterocycles. The molecule has 57 heavy (non-hydrogen) atoms. The highest BCUT2D eigenvalue weighted by Gasteiger charge is 2.21. The first-order valence-corrected chi connectivity index (χ1v) is 19.9. The maximum Gasteiger partial charge on any atom is 0.145 e. The van der Waals surface area contributed by atoms with Crippen molar-refractivity contribution in [1.82, 2.24) is 9.55 Å². The lowest BCUT2D eigenvalue weighted by Gasteiger charge is -2.21. The van der Waals surface area contributed by atoms with Crippen molar-refractivity contribution in [3.05, 3.63) is 206 Å². The first kappa shape index (κ1) is 34.2. The summed E-state index contributed by atoms with van der Waals surface area (Å²) in [7, 11) is 0. The number of benzene rings is 10. The predicted octanol–water partition coefficient (Wildman–Crippen LogP) is 15.3. The molecule has 0 atom stereocenters. The quantitative estimate of drug-likeness (QED) is 0.161. The molecule has 0 amide bonds. The van der Waals surface area contributed by atoms with Gasteiger partial charge in [0, 0.05) is 11.3 Å². The number of para-hydroxylation sites is 3. The molecule has 0 spiro atoms. The molecule has 0 aliphatic heterocycles. The lowest BCUT2D eigenvalue weighted by atomic mass is 9.82. The van der Waals surface area contributed by atoms with Gasteiger partial charge in [0.05, 0.1) is 11.0 Å². The summed E-state index contributed by atoms with van der Waals surface area (Å²) in [6, 6.07) is 74.7. The third kappa shape index (κ3) is 5.77. The molecule has 2 heteroatoms. The van der Waals surface area contributed by atoms with E-state index in [9.17, 15) is 0 Å². The van der Waals surface area contributed by atoms with Gasteiger partial charge in [-0.1, -0.05) is 184 Å². The van der Waals surface area contributed by atoms with E-state index in [4.69, 9.17) is 4.98 Å². The molecule has 0 saturated heterocycles. The van der Waals surface area contributed by atoms with E-state index in [1.807, 2.05) is 13.8 Å². The zero-order chi connectivity index (χ0) is 38.3. The summed E-state index contributed by atoms with van der Waals surface area (Å²) < 4.78 is 2.26. The van der Waals surface area contributed by atoms with Crippen molar-refractivity contribution in [2.24, 2.45) is 0 Å². The smallest absolute Gasteiger partial charge is 0.145 e. The van der Waals surface area contributed by atoms with Gasteiger partial charge in [-0.05, 0) is 113 Å². The molecular weight excluding hydrogens is 689 g/mol. The van der Waals surface area contributed by atoms with Gasteiger partial charge in [0.15, 0.2) is 0 Å². The van der Waals surface area contributed by atoms with Crippen LogP contribution in [0.4, 0.5) is 0 Å². The Morgan fingerprint density at radius 1 is 0.333 bits per heavy atom. The van der Waals surface area contributed by atoms with E-state index in [0.29, 0.717) is 0 Å². The minimum Gasteiger partial charge on any atom is -0.292 e. The summed E-state index contributed by atoms with van der Waals surface area (Å²) in [6.07, 6.45) is 0. The maximum atomic E-state index is 5.12. The molecule has 2 nitrogen and oxygen atoms in total. The second kappa shape index (κ2) is 14.4. The van der Waals surface area contributed by atoms with Crippen LogP contribution in [-0.2, 0) is 0 Å². The molecule has 11 aromatic rings. The normalized spacial score (nSPS) is 11.3. The summed E-state index contributed by atoms with van der Waals surface area (Å²) in [5, 5.41) is 10.0. The molecule has 0 aliphatic carbocycles. The van der Waals surface area contributed by atoms with Gasteiger partial charge < -0.3 is 0 Å². The molecule has 0 radical (unpaired) electrons. The average Bonchev–Trinajstić information content (AvgIpc) is 3.68. The molecule has 0 aliphatic rings. The Morgan fingerprint density at radius 3 is 1.51 bits per heavy atom. The fraction of sp³-hybridized carbons (Fsp3) is 0.0364. The fourth-order valence-corrected chi connectivity index (χ4v) is 8.70. The van der Waals surface area contributed by atoms with E-state index in [1.165, 1.54) is 70.9 Å². The third-order valence-corrected chi connectivity index (χ3v) is 11.2. The zero-order valence-corrected chi connectivity index (χ0v) is 32.0. The fourth-order valence-electron chi connectivity index (χ4n) is 8.70. The number of fused-ring (bicyclic) bond motifs is 5. The van der Waals surface area contributed by atoms with Crippen molar-refractivity contribution in [3.8, 4) is 50.5 Å². The molecular formula is C55H40N2. The van der Waals surface area contributed by atoms with Gasteiger partial charge in [-0.2, -0.15) is 0 Å².